The van der Waals surface area contributed by atoms with Crippen LogP contribution in [0, 0.1) is 10.1 Å². The first-order valence-corrected chi connectivity index (χ1v) is 15.3. The summed E-state index contributed by atoms with van der Waals surface area (Å²) in [6.07, 6.45) is 1.48. The van der Waals surface area contributed by atoms with E-state index < -0.39 is 41.0 Å². The summed E-state index contributed by atoms with van der Waals surface area (Å²) < 4.78 is 11.3. The van der Waals surface area contributed by atoms with E-state index in [-0.39, 0.29) is 22.0 Å². The summed E-state index contributed by atoms with van der Waals surface area (Å²) in [6.45, 7) is 6.86. The summed E-state index contributed by atoms with van der Waals surface area (Å²) in [5.41, 5.74) is 1.80. The number of thioether (sulfide) groups is 1. The number of hydrogen-bond donors (Lipinski definition) is 2. The zero-order chi connectivity index (χ0) is 33.2. The van der Waals surface area contributed by atoms with E-state index in [1.165, 1.54) is 30.3 Å². The lowest BCUT2D eigenvalue weighted by Gasteiger charge is -2.22. The number of benzene rings is 3. The SMILES string of the molecule is CCOc1ccc(NC(=O)CN2C(=O)S/C(=C/c3ccc(N(CC)CC)cc3OCC(=O)Nc3cccc([N+](=O)[O-])c3)C2=O)cc1. The first-order valence-electron chi connectivity index (χ1n) is 14.5. The number of anilines is 3. The molecule has 14 heteroatoms. The number of carbonyl (C=O) groups excluding carboxylic acids is 4. The molecule has 3 aromatic carbocycles. The minimum Gasteiger partial charge on any atom is -0.494 e. The van der Waals surface area contributed by atoms with Gasteiger partial charge in [-0.25, -0.2) is 0 Å². The summed E-state index contributed by atoms with van der Waals surface area (Å²) in [5, 5.41) is 15.7. The monoisotopic (exact) mass is 647 g/mol. The van der Waals surface area contributed by atoms with Crippen LogP contribution in [-0.2, 0) is 14.4 Å². The number of nitrogens with zero attached hydrogens (tertiary/aromatic N) is 3. The Labute approximate surface area is 269 Å². The smallest absolute Gasteiger partial charge is 0.294 e. The Balaban J connectivity index is 1.49. The van der Waals surface area contributed by atoms with Crippen LogP contribution >= 0.6 is 11.8 Å². The summed E-state index contributed by atoms with van der Waals surface area (Å²) in [5.74, 6) is -0.820. The van der Waals surface area contributed by atoms with Gasteiger partial charge in [-0.05, 0) is 81.1 Å². The van der Waals surface area contributed by atoms with Gasteiger partial charge in [0.15, 0.2) is 6.61 Å². The van der Waals surface area contributed by atoms with E-state index in [0.29, 0.717) is 48.5 Å². The molecule has 4 rings (SSSR count). The van der Waals surface area contributed by atoms with Gasteiger partial charge in [0.05, 0.1) is 16.4 Å². The van der Waals surface area contributed by atoms with Crippen molar-refractivity contribution in [2.45, 2.75) is 20.8 Å². The number of ether oxygens (including phenoxy) is 2. The number of non-ortho nitro benzene ring substituents is 1. The Hall–Kier alpha value is -5.37. The van der Waals surface area contributed by atoms with Crippen molar-refractivity contribution < 1.29 is 33.6 Å². The largest absolute Gasteiger partial charge is 0.494 e. The Morgan fingerprint density at radius 1 is 0.935 bits per heavy atom. The average molecular weight is 648 g/mol. The van der Waals surface area contributed by atoms with Gasteiger partial charge in [-0.2, -0.15) is 0 Å². The average Bonchev–Trinajstić information content (AvgIpc) is 3.29. The summed E-state index contributed by atoms with van der Waals surface area (Å²) in [6, 6.07) is 17.5. The van der Waals surface area contributed by atoms with Gasteiger partial charge in [0.25, 0.3) is 22.7 Å². The van der Waals surface area contributed by atoms with E-state index in [1.54, 1.807) is 36.4 Å². The summed E-state index contributed by atoms with van der Waals surface area (Å²) in [7, 11) is 0. The van der Waals surface area contributed by atoms with Crippen molar-refractivity contribution in [1.29, 1.82) is 0 Å². The molecule has 4 amide bonds. The topological polar surface area (TPSA) is 160 Å². The van der Waals surface area contributed by atoms with Gasteiger partial charge in [0.1, 0.15) is 18.0 Å². The first kappa shape index (κ1) is 33.5. The van der Waals surface area contributed by atoms with E-state index in [2.05, 4.69) is 15.5 Å². The molecule has 0 aliphatic carbocycles. The van der Waals surface area contributed by atoms with Crippen molar-refractivity contribution in [2.75, 3.05) is 48.4 Å². The fraction of sp³-hybridized carbons (Fsp3) is 0.250. The van der Waals surface area contributed by atoms with Gasteiger partial charge in [0.2, 0.25) is 5.91 Å². The molecule has 1 saturated heterocycles. The van der Waals surface area contributed by atoms with E-state index in [1.807, 2.05) is 26.8 Å². The van der Waals surface area contributed by atoms with Gasteiger partial charge < -0.3 is 25.0 Å². The number of nitrogens with one attached hydrogen (secondary N) is 2. The predicted octanol–water partition coefficient (Wildman–Crippen LogP) is 5.53. The van der Waals surface area contributed by atoms with Crippen LogP contribution in [0.2, 0.25) is 0 Å². The number of nitro groups is 1. The molecule has 0 unspecified atom stereocenters. The quantitative estimate of drug-likeness (QED) is 0.129. The highest BCUT2D eigenvalue weighted by Gasteiger charge is 2.36. The predicted molar refractivity (Wildman–Crippen MR) is 176 cm³/mol. The van der Waals surface area contributed by atoms with Crippen LogP contribution in [-0.4, -0.2) is 65.6 Å². The summed E-state index contributed by atoms with van der Waals surface area (Å²) >= 11 is 0.692. The number of hydrogen-bond acceptors (Lipinski definition) is 10. The van der Waals surface area contributed by atoms with Crippen LogP contribution in [0.1, 0.15) is 26.3 Å². The van der Waals surface area contributed by atoms with E-state index in [0.717, 1.165) is 10.6 Å². The van der Waals surface area contributed by atoms with Crippen molar-refractivity contribution in [3.63, 3.8) is 0 Å². The second-order valence-electron chi connectivity index (χ2n) is 9.81. The zero-order valence-corrected chi connectivity index (χ0v) is 26.3. The number of rotatable bonds is 14. The number of nitro benzene ring substituents is 1. The van der Waals surface area contributed by atoms with Gasteiger partial charge in [-0.3, -0.25) is 34.2 Å². The molecule has 1 fully saturated rings. The maximum absolute atomic E-state index is 13.2. The molecule has 2 N–H and O–H groups in total. The van der Waals surface area contributed by atoms with Gasteiger partial charge in [0, 0.05) is 53.9 Å². The highest BCUT2D eigenvalue weighted by Crippen LogP contribution is 2.35. The lowest BCUT2D eigenvalue weighted by Crippen LogP contribution is -2.36. The van der Waals surface area contributed by atoms with Crippen molar-refractivity contribution in [1.82, 2.24) is 4.90 Å². The number of carbonyl (C=O) groups is 4. The second-order valence-corrected chi connectivity index (χ2v) is 10.8. The van der Waals surface area contributed by atoms with Gasteiger partial charge >= 0.3 is 0 Å². The third kappa shape index (κ3) is 8.63. The third-order valence-electron chi connectivity index (χ3n) is 6.74. The Morgan fingerprint density at radius 3 is 2.33 bits per heavy atom. The van der Waals surface area contributed by atoms with Crippen molar-refractivity contribution >= 4 is 63.5 Å². The molecule has 0 spiro atoms. The molecule has 240 valence electrons. The van der Waals surface area contributed by atoms with Crippen molar-refractivity contribution in [2.24, 2.45) is 0 Å². The lowest BCUT2D eigenvalue weighted by molar-refractivity contribution is -0.384. The lowest BCUT2D eigenvalue weighted by atomic mass is 10.1. The van der Waals surface area contributed by atoms with Crippen LogP contribution < -0.4 is 25.0 Å². The zero-order valence-electron chi connectivity index (χ0n) is 25.5. The molecule has 1 aliphatic heterocycles. The van der Waals surface area contributed by atoms with Gasteiger partial charge in [-0.15, -0.1) is 0 Å². The maximum atomic E-state index is 13.2. The minimum absolute atomic E-state index is 0.0837. The highest BCUT2D eigenvalue weighted by atomic mass is 32.2. The normalized spacial score (nSPS) is 13.5. The highest BCUT2D eigenvalue weighted by molar-refractivity contribution is 8.18. The van der Waals surface area contributed by atoms with E-state index >= 15 is 0 Å². The van der Waals surface area contributed by atoms with Crippen molar-refractivity contribution in [3.8, 4) is 11.5 Å². The molecule has 0 bridgehead atoms. The molecule has 1 aliphatic rings. The number of amides is 4. The molecule has 0 atom stereocenters. The molecular formula is C32H33N5O8S. The van der Waals surface area contributed by atoms with Crippen LogP contribution in [0.4, 0.5) is 27.5 Å². The molecular weight excluding hydrogens is 614 g/mol. The third-order valence-corrected chi connectivity index (χ3v) is 7.64. The Morgan fingerprint density at radius 2 is 1.65 bits per heavy atom. The van der Waals surface area contributed by atoms with Crippen LogP contribution in [0.5, 0.6) is 11.5 Å². The summed E-state index contributed by atoms with van der Waals surface area (Å²) in [4.78, 5) is 64.8. The molecule has 46 heavy (non-hydrogen) atoms. The Bertz CT molecular complexity index is 1660. The molecule has 0 radical (unpaired) electrons. The maximum Gasteiger partial charge on any atom is 0.294 e. The molecule has 0 aromatic heterocycles. The fourth-order valence-corrected chi connectivity index (χ4v) is 5.34. The van der Waals surface area contributed by atoms with Crippen molar-refractivity contribution in [3.05, 3.63) is 87.3 Å². The van der Waals surface area contributed by atoms with Gasteiger partial charge in [-0.1, -0.05) is 6.07 Å². The molecule has 3 aromatic rings. The first-order chi connectivity index (χ1) is 22.1. The minimum atomic E-state index is -0.640. The van der Waals surface area contributed by atoms with Crippen LogP contribution in [0.25, 0.3) is 6.08 Å². The molecule has 1 heterocycles. The standard InChI is InChI=1S/C32H33N5O8S/c1-4-35(5-2)24-13-10-21(27(18-24)45-20-30(39)34-23-8-7-9-25(17-23)37(42)43)16-28-31(40)36(32(41)46-28)19-29(38)33-22-11-14-26(15-12-22)44-6-3/h7-18H,4-6,19-20H2,1-3H3,(H,33,38)(H,34,39)/b28-16+. The molecule has 13 nitrogen and oxygen atoms in total. The fourth-order valence-electron chi connectivity index (χ4n) is 4.51. The van der Waals surface area contributed by atoms with E-state index in [9.17, 15) is 29.3 Å². The number of imide groups is 1. The van der Waals surface area contributed by atoms with Crippen LogP contribution in [0.3, 0.4) is 0 Å². The molecule has 0 saturated carbocycles. The second kappa shape index (κ2) is 15.6. The van der Waals surface area contributed by atoms with E-state index in [4.69, 9.17) is 9.47 Å². The van der Waals surface area contributed by atoms with Crippen LogP contribution in [0.15, 0.2) is 71.6 Å². The Kier molecular flexibility index (Phi) is 11.3.